The molecule has 0 unspecified atom stereocenters. The molecule has 3 amide bonds. The molecule has 7 nitrogen and oxygen atoms in total. The lowest BCUT2D eigenvalue weighted by Crippen LogP contribution is -2.46. The smallest absolute Gasteiger partial charge is 0.240 e. The van der Waals surface area contributed by atoms with Gasteiger partial charge in [-0.25, -0.2) is 4.39 Å². The number of nitrogens with one attached hydrogen (secondary N) is 2. The maximum Gasteiger partial charge on any atom is 0.240 e. The lowest BCUT2D eigenvalue weighted by molar-refractivity contribution is -0.123. The highest BCUT2D eigenvalue weighted by atomic mass is 32.2. The molecule has 0 bridgehead atoms. The van der Waals surface area contributed by atoms with Crippen LogP contribution >= 0.6 is 0 Å². The number of carbonyl (C=O) groups excluding carboxylic acids is 3. The molecule has 2 N–H and O–H groups in total. The number of aryl methyl sites for hydroxylation is 1. The van der Waals surface area contributed by atoms with E-state index in [1.807, 2.05) is 19.1 Å². The van der Waals surface area contributed by atoms with E-state index < -0.39 is 34.2 Å². The van der Waals surface area contributed by atoms with E-state index in [1.165, 1.54) is 29.2 Å². The third-order valence-corrected chi connectivity index (χ3v) is 6.78. The van der Waals surface area contributed by atoms with Gasteiger partial charge in [0.15, 0.2) is 0 Å². The van der Waals surface area contributed by atoms with Crippen molar-refractivity contribution < 1.29 is 23.0 Å². The summed E-state index contributed by atoms with van der Waals surface area (Å²) in [6.07, 6.45) is 5.05. The number of carbonyl (C=O) groups is 3. The van der Waals surface area contributed by atoms with Gasteiger partial charge in [-0.3, -0.25) is 18.6 Å². The molecular formula is C25H30FN3O4S. The van der Waals surface area contributed by atoms with E-state index in [0.717, 1.165) is 37.7 Å². The van der Waals surface area contributed by atoms with Crippen molar-refractivity contribution in [1.82, 2.24) is 5.32 Å². The van der Waals surface area contributed by atoms with Crippen LogP contribution in [0.25, 0.3) is 0 Å². The first-order valence-corrected chi connectivity index (χ1v) is 12.9. The van der Waals surface area contributed by atoms with Crippen molar-refractivity contribution in [1.29, 1.82) is 0 Å². The molecule has 0 saturated heterocycles. The number of hydrogen-bond donors (Lipinski definition) is 2. The monoisotopic (exact) mass is 487 g/mol. The highest BCUT2D eigenvalue weighted by molar-refractivity contribution is 7.86. The summed E-state index contributed by atoms with van der Waals surface area (Å²) in [6.45, 7) is 1.66. The molecular weight excluding hydrogens is 457 g/mol. The van der Waals surface area contributed by atoms with E-state index in [0.29, 0.717) is 11.4 Å². The van der Waals surface area contributed by atoms with Crippen molar-refractivity contribution in [2.75, 3.05) is 28.3 Å². The molecule has 1 aliphatic rings. The Bertz CT molecular complexity index is 1020. The first-order valence-electron chi connectivity index (χ1n) is 11.4. The van der Waals surface area contributed by atoms with Crippen LogP contribution in [0, 0.1) is 12.7 Å². The Labute approximate surface area is 201 Å². The van der Waals surface area contributed by atoms with Crippen LogP contribution in [0.4, 0.5) is 15.8 Å². The Hall–Kier alpha value is -3.07. The Balaban J connectivity index is 1.61. The number of halogens is 1. The predicted octanol–water partition coefficient (Wildman–Crippen LogP) is 3.30. The molecule has 0 spiro atoms. The molecule has 1 atom stereocenters. The van der Waals surface area contributed by atoms with Gasteiger partial charge in [-0.2, -0.15) is 0 Å². The first kappa shape index (κ1) is 25.6. The Kier molecular flexibility index (Phi) is 9.33. The molecule has 1 saturated carbocycles. The lowest BCUT2D eigenvalue weighted by atomic mass is 9.95. The van der Waals surface area contributed by atoms with Crippen LogP contribution < -0.4 is 15.5 Å². The van der Waals surface area contributed by atoms with Gasteiger partial charge in [0.05, 0.1) is 0 Å². The molecule has 2 aromatic carbocycles. The summed E-state index contributed by atoms with van der Waals surface area (Å²) >= 11 is 0. The van der Waals surface area contributed by atoms with Crippen molar-refractivity contribution in [2.24, 2.45) is 0 Å². The van der Waals surface area contributed by atoms with E-state index in [2.05, 4.69) is 10.6 Å². The van der Waals surface area contributed by atoms with Crippen LogP contribution in [-0.2, 0) is 25.2 Å². The normalized spacial score (nSPS) is 14.8. The Morgan fingerprint density at radius 3 is 2.24 bits per heavy atom. The van der Waals surface area contributed by atoms with Gasteiger partial charge in [-0.1, -0.05) is 37.0 Å². The number of rotatable bonds is 9. The van der Waals surface area contributed by atoms with Crippen molar-refractivity contribution in [3.8, 4) is 0 Å². The largest absolute Gasteiger partial charge is 0.352 e. The molecule has 0 radical (unpaired) electrons. The number of hydrogen-bond acceptors (Lipinski definition) is 4. The second-order valence-corrected chi connectivity index (χ2v) is 9.96. The van der Waals surface area contributed by atoms with Gasteiger partial charge >= 0.3 is 0 Å². The first-order chi connectivity index (χ1) is 16.3. The summed E-state index contributed by atoms with van der Waals surface area (Å²) in [7, 11) is -1.79. The molecule has 9 heteroatoms. The SMILES string of the molecule is Cc1ccc(NC(=O)C[S@@](=O)CC(=O)N(CC(=O)NC2CCCCC2)c2ccc(F)cc2)cc1. The molecule has 0 aliphatic heterocycles. The van der Waals surface area contributed by atoms with Crippen LogP contribution in [0.15, 0.2) is 48.5 Å². The van der Waals surface area contributed by atoms with Gasteiger partial charge in [0.2, 0.25) is 17.7 Å². The number of nitrogens with zero attached hydrogens (tertiary/aromatic N) is 1. The minimum Gasteiger partial charge on any atom is -0.352 e. The second kappa shape index (κ2) is 12.4. The highest BCUT2D eigenvalue weighted by Gasteiger charge is 2.24. The molecule has 1 aliphatic carbocycles. The summed E-state index contributed by atoms with van der Waals surface area (Å²) in [5, 5.41) is 5.61. The summed E-state index contributed by atoms with van der Waals surface area (Å²) < 4.78 is 25.9. The van der Waals surface area contributed by atoms with E-state index >= 15 is 0 Å². The molecule has 34 heavy (non-hydrogen) atoms. The van der Waals surface area contributed by atoms with Crippen molar-refractivity contribution in [2.45, 2.75) is 45.1 Å². The van der Waals surface area contributed by atoms with Crippen LogP contribution in [0.3, 0.4) is 0 Å². The van der Waals surface area contributed by atoms with E-state index in [-0.39, 0.29) is 24.2 Å². The maximum atomic E-state index is 13.4. The van der Waals surface area contributed by atoms with E-state index in [1.54, 1.807) is 12.1 Å². The van der Waals surface area contributed by atoms with Gasteiger partial charge in [0.1, 0.15) is 23.9 Å². The van der Waals surface area contributed by atoms with Gasteiger partial charge in [0.25, 0.3) is 0 Å². The minimum absolute atomic E-state index is 0.0750. The average molecular weight is 488 g/mol. The summed E-state index contributed by atoms with van der Waals surface area (Å²) in [4.78, 5) is 39.0. The molecule has 0 heterocycles. The zero-order chi connectivity index (χ0) is 24.5. The maximum absolute atomic E-state index is 13.4. The summed E-state index contributed by atoms with van der Waals surface area (Å²) in [6, 6.07) is 12.4. The van der Waals surface area contributed by atoms with Crippen LogP contribution in [0.5, 0.6) is 0 Å². The average Bonchev–Trinajstić information content (AvgIpc) is 2.80. The zero-order valence-electron chi connectivity index (χ0n) is 19.2. The topological polar surface area (TPSA) is 95.6 Å². The van der Waals surface area contributed by atoms with E-state index in [9.17, 15) is 23.0 Å². The van der Waals surface area contributed by atoms with Crippen molar-refractivity contribution >= 4 is 39.9 Å². The fourth-order valence-corrected chi connectivity index (χ4v) is 4.75. The minimum atomic E-state index is -1.79. The van der Waals surface area contributed by atoms with Crippen molar-refractivity contribution in [3.05, 3.63) is 59.9 Å². The molecule has 0 aromatic heterocycles. The van der Waals surface area contributed by atoms with Gasteiger partial charge < -0.3 is 15.5 Å². The number of amides is 3. The lowest BCUT2D eigenvalue weighted by Gasteiger charge is -2.26. The van der Waals surface area contributed by atoms with Gasteiger partial charge in [-0.05, 0) is 56.2 Å². The van der Waals surface area contributed by atoms with E-state index in [4.69, 9.17) is 0 Å². The highest BCUT2D eigenvalue weighted by Crippen LogP contribution is 2.19. The zero-order valence-corrected chi connectivity index (χ0v) is 20.0. The number of benzene rings is 2. The van der Waals surface area contributed by atoms with Crippen LogP contribution in [-0.4, -0.2) is 46.0 Å². The summed E-state index contributed by atoms with van der Waals surface area (Å²) in [5.41, 5.74) is 1.94. The predicted molar refractivity (Wildman–Crippen MR) is 131 cm³/mol. The third-order valence-electron chi connectivity index (χ3n) is 5.62. The fraction of sp³-hybridized carbons (Fsp3) is 0.400. The van der Waals surface area contributed by atoms with Crippen LogP contribution in [0.1, 0.15) is 37.7 Å². The Morgan fingerprint density at radius 1 is 0.941 bits per heavy atom. The third kappa shape index (κ3) is 8.06. The van der Waals surface area contributed by atoms with Crippen LogP contribution in [0.2, 0.25) is 0 Å². The molecule has 3 rings (SSSR count). The number of anilines is 2. The molecule has 182 valence electrons. The fourth-order valence-electron chi connectivity index (χ4n) is 3.86. The van der Waals surface area contributed by atoms with Gasteiger partial charge in [-0.15, -0.1) is 0 Å². The van der Waals surface area contributed by atoms with Gasteiger partial charge in [0, 0.05) is 28.2 Å². The summed E-state index contributed by atoms with van der Waals surface area (Å²) in [5.74, 6) is -2.64. The second-order valence-electron chi connectivity index (χ2n) is 8.50. The quantitative estimate of drug-likeness (QED) is 0.567. The molecule has 2 aromatic rings. The standard InChI is InChI=1S/C25H30FN3O4S/c1-18-7-11-21(12-8-18)28-24(31)16-34(33)17-25(32)29(22-13-9-19(26)10-14-22)15-23(30)27-20-5-3-2-4-6-20/h7-14,20H,2-6,15-17H2,1H3,(H,27,30)(H,28,31)/t34-/m1/s1. The van der Waals surface area contributed by atoms with Crippen molar-refractivity contribution in [3.63, 3.8) is 0 Å². The Morgan fingerprint density at radius 2 is 1.59 bits per heavy atom. The molecule has 1 fully saturated rings.